The Hall–Kier alpha value is -3.88. The fourth-order valence-electron chi connectivity index (χ4n) is 3.22. The molecule has 0 unspecified atom stereocenters. The van der Waals surface area contributed by atoms with Gasteiger partial charge in [-0.1, -0.05) is 12.1 Å². The summed E-state index contributed by atoms with van der Waals surface area (Å²) in [6, 6.07) is 6.13. The zero-order chi connectivity index (χ0) is 24.2. The number of aromatic nitrogens is 1. The Balaban J connectivity index is 1.82. The zero-order valence-corrected chi connectivity index (χ0v) is 18.6. The van der Waals surface area contributed by atoms with Crippen molar-refractivity contribution in [1.82, 2.24) is 10.3 Å². The van der Waals surface area contributed by atoms with Crippen LogP contribution in [0, 0.1) is 11.2 Å². The van der Waals surface area contributed by atoms with Crippen LogP contribution >= 0.6 is 0 Å². The molecule has 0 spiro atoms. The smallest absolute Gasteiger partial charge is 0.260 e. The number of amides is 3. The quantitative estimate of drug-likeness (QED) is 0.413. The van der Waals surface area contributed by atoms with E-state index in [9.17, 15) is 18.8 Å². The predicted octanol–water partition coefficient (Wildman–Crippen LogP) is 2.68. The number of nitrogens with zero attached hydrogens (tertiary/aromatic N) is 3. The maximum absolute atomic E-state index is 13.9. The van der Waals surface area contributed by atoms with Gasteiger partial charge in [-0.3, -0.25) is 19.4 Å². The van der Waals surface area contributed by atoms with Crippen molar-refractivity contribution in [3.8, 4) is 5.75 Å². The summed E-state index contributed by atoms with van der Waals surface area (Å²) < 4.78 is 19.7. The van der Waals surface area contributed by atoms with Gasteiger partial charge in [0.25, 0.3) is 11.8 Å². The molecule has 1 N–H and O–H groups in total. The van der Waals surface area contributed by atoms with Crippen LogP contribution in [0.2, 0.25) is 0 Å². The average molecular weight is 452 g/mol. The number of aliphatic imine (C=N–C) groups is 1. The van der Waals surface area contributed by atoms with Gasteiger partial charge >= 0.3 is 0 Å². The molecule has 0 fully saturated rings. The molecular formula is C24H25FN4O4. The number of rotatable bonds is 6. The lowest BCUT2D eigenvalue weighted by molar-refractivity contribution is -0.142. The van der Waals surface area contributed by atoms with E-state index >= 15 is 0 Å². The first-order valence-electron chi connectivity index (χ1n) is 10.3. The van der Waals surface area contributed by atoms with Crippen LogP contribution in [0.5, 0.6) is 5.75 Å². The zero-order valence-electron chi connectivity index (χ0n) is 18.6. The molecule has 2 heterocycles. The van der Waals surface area contributed by atoms with Crippen LogP contribution < -0.4 is 15.0 Å². The summed E-state index contributed by atoms with van der Waals surface area (Å²) in [6.07, 6.45) is 5.14. The number of pyridine rings is 1. The summed E-state index contributed by atoms with van der Waals surface area (Å²) in [4.78, 5) is 48.1. The van der Waals surface area contributed by atoms with Crippen molar-refractivity contribution in [2.24, 2.45) is 10.4 Å². The molecule has 0 aliphatic carbocycles. The first-order valence-corrected chi connectivity index (χ1v) is 10.3. The van der Waals surface area contributed by atoms with Crippen LogP contribution in [-0.4, -0.2) is 47.6 Å². The van der Waals surface area contributed by atoms with Crippen LogP contribution in [0.1, 0.15) is 26.3 Å². The topological polar surface area (TPSA) is 101 Å². The number of anilines is 1. The number of hydrogen-bond acceptors (Lipinski definition) is 5. The summed E-state index contributed by atoms with van der Waals surface area (Å²) in [7, 11) is 0. The Kier molecular flexibility index (Phi) is 7.01. The molecule has 3 rings (SSSR count). The van der Waals surface area contributed by atoms with Gasteiger partial charge < -0.3 is 15.0 Å². The monoisotopic (exact) mass is 452 g/mol. The fraction of sp³-hybridized carbons (Fsp3) is 0.292. The van der Waals surface area contributed by atoms with E-state index in [1.807, 2.05) is 0 Å². The standard InChI is InChI=1S/C24H25FN4O4/c1-5-11-29-18-12-17(25)8-9-19(18)33-15(2)20(21(29)30)28-23(32)24(3,4)22(31)27-14-16-7-6-10-26-13-16/h5-10,12-15,20H,1,11H2,2-4H3,(H,28,32)/t15-,20+/m1/s1. The second-order valence-electron chi connectivity index (χ2n) is 8.10. The van der Waals surface area contributed by atoms with E-state index in [1.54, 1.807) is 25.3 Å². The molecule has 2 atom stereocenters. The van der Waals surface area contributed by atoms with Crippen molar-refractivity contribution in [1.29, 1.82) is 0 Å². The molecule has 172 valence electrons. The van der Waals surface area contributed by atoms with E-state index in [0.717, 1.165) is 0 Å². The van der Waals surface area contributed by atoms with Gasteiger partial charge in [0, 0.05) is 36.8 Å². The molecule has 1 aromatic heterocycles. The molecule has 0 radical (unpaired) electrons. The number of fused-ring (bicyclic) bond motifs is 1. The first kappa shape index (κ1) is 23.8. The highest BCUT2D eigenvalue weighted by Gasteiger charge is 2.42. The van der Waals surface area contributed by atoms with Gasteiger partial charge in [0.05, 0.1) is 5.69 Å². The third-order valence-electron chi connectivity index (χ3n) is 5.24. The van der Waals surface area contributed by atoms with Gasteiger partial charge in [-0.15, -0.1) is 6.58 Å². The minimum absolute atomic E-state index is 0.0788. The third-order valence-corrected chi connectivity index (χ3v) is 5.24. The minimum atomic E-state index is -1.56. The average Bonchev–Trinajstić information content (AvgIpc) is 2.88. The summed E-state index contributed by atoms with van der Waals surface area (Å²) in [5.41, 5.74) is -0.722. The maximum atomic E-state index is 13.9. The van der Waals surface area contributed by atoms with Crippen molar-refractivity contribution in [2.75, 3.05) is 11.4 Å². The largest absolute Gasteiger partial charge is 0.486 e. The molecule has 0 bridgehead atoms. The van der Waals surface area contributed by atoms with Crippen molar-refractivity contribution in [2.45, 2.75) is 32.9 Å². The number of ether oxygens (including phenoxy) is 1. The Bertz CT molecular complexity index is 1100. The molecule has 9 heteroatoms. The van der Waals surface area contributed by atoms with E-state index in [-0.39, 0.29) is 12.2 Å². The van der Waals surface area contributed by atoms with Gasteiger partial charge in [-0.05, 0) is 39.0 Å². The first-order chi connectivity index (χ1) is 15.6. The number of carbonyl (C=O) groups is 3. The molecule has 0 saturated carbocycles. The van der Waals surface area contributed by atoms with E-state index in [1.165, 1.54) is 55.4 Å². The van der Waals surface area contributed by atoms with Crippen molar-refractivity contribution in [3.05, 3.63) is 66.8 Å². The van der Waals surface area contributed by atoms with Crippen molar-refractivity contribution < 1.29 is 23.5 Å². The van der Waals surface area contributed by atoms with Crippen LogP contribution in [0.15, 0.2) is 60.4 Å². The van der Waals surface area contributed by atoms with Gasteiger partial charge in [0.15, 0.2) is 0 Å². The lowest BCUT2D eigenvalue weighted by Crippen LogP contribution is -2.57. The second-order valence-corrected chi connectivity index (χ2v) is 8.10. The molecule has 1 aliphatic rings. The number of hydrogen-bond donors (Lipinski definition) is 1. The van der Waals surface area contributed by atoms with Gasteiger partial charge in [0.2, 0.25) is 5.91 Å². The molecule has 3 amide bonds. The Morgan fingerprint density at radius 2 is 2.12 bits per heavy atom. The van der Waals surface area contributed by atoms with E-state index < -0.39 is 41.1 Å². The molecule has 2 aromatic rings. The highest BCUT2D eigenvalue weighted by atomic mass is 19.1. The fourth-order valence-corrected chi connectivity index (χ4v) is 3.22. The highest BCUT2D eigenvalue weighted by molar-refractivity contribution is 6.09. The van der Waals surface area contributed by atoms with E-state index in [0.29, 0.717) is 11.3 Å². The molecule has 33 heavy (non-hydrogen) atoms. The van der Waals surface area contributed by atoms with Crippen molar-refractivity contribution >= 4 is 29.6 Å². The van der Waals surface area contributed by atoms with Gasteiger partial charge in [-0.25, -0.2) is 9.38 Å². The predicted molar refractivity (Wildman–Crippen MR) is 122 cm³/mol. The third kappa shape index (κ3) is 5.14. The molecular weight excluding hydrogens is 427 g/mol. The second kappa shape index (κ2) is 9.72. The Morgan fingerprint density at radius 3 is 2.79 bits per heavy atom. The molecule has 1 aromatic carbocycles. The Morgan fingerprint density at radius 1 is 1.36 bits per heavy atom. The van der Waals surface area contributed by atoms with Crippen LogP contribution in [-0.2, 0) is 14.4 Å². The number of carbonyl (C=O) groups excluding carboxylic acids is 3. The summed E-state index contributed by atoms with van der Waals surface area (Å²) >= 11 is 0. The van der Waals surface area contributed by atoms with Crippen LogP contribution in [0.25, 0.3) is 0 Å². The number of halogens is 1. The lowest BCUT2D eigenvalue weighted by atomic mass is 9.90. The molecule has 1 aliphatic heterocycles. The van der Waals surface area contributed by atoms with E-state index in [4.69, 9.17) is 4.74 Å². The summed E-state index contributed by atoms with van der Waals surface area (Å²) in [6.45, 7) is 8.18. The molecule has 8 nitrogen and oxygen atoms in total. The normalized spacial score (nSPS) is 18.3. The summed E-state index contributed by atoms with van der Waals surface area (Å²) in [5.74, 6) is -2.13. The van der Waals surface area contributed by atoms with Gasteiger partial charge in [0.1, 0.15) is 29.1 Å². The van der Waals surface area contributed by atoms with Gasteiger partial charge in [-0.2, -0.15) is 0 Å². The SMILES string of the molecule is C=CCN1C(=O)[C@@H](NC(=O)C(C)(C)C(=O)N=Cc2cccnc2)[C@@H](C)Oc2ccc(F)cc21. The van der Waals surface area contributed by atoms with Crippen LogP contribution in [0.4, 0.5) is 10.1 Å². The molecule has 0 saturated heterocycles. The Labute approximate surface area is 191 Å². The van der Waals surface area contributed by atoms with Crippen molar-refractivity contribution in [3.63, 3.8) is 0 Å². The van der Waals surface area contributed by atoms with Crippen LogP contribution in [0.3, 0.4) is 0 Å². The summed E-state index contributed by atoms with van der Waals surface area (Å²) in [5, 5.41) is 2.63. The highest BCUT2D eigenvalue weighted by Crippen LogP contribution is 2.34. The minimum Gasteiger partial charge on any atom is -0.486 e. The number of nitrogens with one attached hydrogen (secondary N) is 1. The maximum Gasteiger partial charge on any atom is 0.260 e. The van der Waals surface area contributed by atoms with E-state index in [2.05, 4.69) is 21.9 Å². The lowest BCUT2D eigenvalue weighted by Gasteiger charge is -2.28. The number of benzene rings is 1.